The third kappa shape index (κ3) is 3.31. The van der Waals surface area contributed by atoms with E-state index < -0.39 is 11.6 Å². The van der Waals surface area contributed by atoms with Crippen molar-refractivity contribution >= 4 is 17.4 Å². The number of nitrogens with one attached hydrogen (secondary N) is 1. The number of anilines is 2. The predicted octanol–water partition coefficient (Wildman–Crippen LogP) is 4.16. The van der Waals surface area contributed by atoms with E-state index in [-0.39, 0.29) is 11.6 Å². The molecule has 0 aliphatic carbocycles. The smallest absolute Gasteiger partial charge is 0.322 e. The number of carbonyl (C=O) groups excluding carboxylic acids is 1. The van der Waals surface area contributed by atoms with E-state index in [0.717, 1.165) is 17.2 Å². The van der Waals surface area contributed by atoms with Gasteiger partial charge in [0.25, 0.3) is 0 Å². The zero-order chi connectivity index (χ0) is 19.0. The molecule has 2 aromatic carbocycles. The molecule has 1 aromatic heterocycles. The van der Waals surface area contributed by atoms with E-state index in [9.17, 15) is 13.6 Å². The maximum absolute atomic E-state index is 14.1. The highest BCUT2D eigenvalue weighted by atomic mass is 19.1. The Morgan fingerprint density at radius 3 is 2.67 bits per heavy atom. The van der Waals surface area contributed by atoms with Crippen LogP contribution in [0, 0.1) is 11.6 Å². The quantitative estimate of drug-likeness (QED) is 0.669. The Labute approximate surface area is 154 Å². The van der Waals surface area contributed by atoms with Gasteiger partial charge in [-0.3, -0.25) is 4.98 Å². The van der Waals surface area contributed by atoms with Gasteiger partial charge in [0.05, 0.1) is 11.4 Å². The van der Waals surface area contributed by atoms with Crippen molar-refractivity contribution in [2.45, 2.75) is 13.1 Å². The van der Waals surface area contributed by atoms with Gasteiger partial charge in [0.2, 0.25) is 0 Å². The topological polar surface area (TPSA) is 71.2 Å². The van der Waals surface area contributed by atoms with Crippen molar-refractivity contribution in [3.8, 4) is 11.1 Å². The molecular formula is C20H16F2N4O. The van der Waals surface area contributed by atoms with Crippen LogP contribution < -0.4 is 11.1 Å². The number of benzene rings is 2. The van der Waals surface area contributed by atoms with Crippen LogP contribution in [0.4, 0.5) is 25.0 Å². The number of carbonyl (C=O) groups is 1. The molecule has 0 fully saturated rings. The number of fused-ring (bicyclic) bond motifs is 1. The zero-order valence-corrected chi connectivity index (χ0v) is 14.2. The molecule has 1 aliphatic heterocycles. The van der Waals surface area contributed by atoms with Crippen molar-refractivity contribution in [3.63, 3.8) is 0 Å². The zero-order valence-electron chi connectivity index (χ0n) is 14.2. The summed E-state index contributed by atoms with van der Waals surface area (Å²) in [7, 11) is 0. The number of rotatable bonds is 2. The first-order valence-electron chi connectivity index (χ1n) is 8.34. The van der Waals surface area contributed by atoms with Gasteiger partial charge in [0.15, 0.2) is 0 Å². The second-order valence-electron chi connectivity index (χ2n) is 6.36. The Morgan fingerprint density at radius 2 is 1.89 bits per heavy atom. The largest absolute Gasteiger partial charge is 0.397 e. The van der Waals surface area contributed by atoms with Crippen LogP contribution in [0.3, 0.4) is 0 Å². The number of aromatic nitrogens is 1. The van der Waals surface area contributed by atoms with Gasteiger partial charge in [0.1, 0.15) is 11.6 Å². The Hall–Kier alpha value is -3.48. The van der Waals surface area contributed by atoms with Crippen LogP contribution in [0.5, 0.6) is 0 Å². The number of nitrogen functional groups attached to an aromatic ring is 1. The summed E-state index contributed by atoms with van der Waals surface area (Å²) in [6.07, 6.45) is 3.44. The van der Waals surface area contributed by atoms with Gasteiger partial charge in [0, 0.05) is 37.1 Å². The number of hydrogen-bond donors (Lipinski definition) is 2. The van der Waals surface area contributed by atoms with Crippen molar-refractivity contribution in [2.24, 2.45) is 0 Å². The fourth-order valence-corrected chi connectivity index (χ4v) is 3.11. The molecular weight excluding hydrogens is 350 g/mol. The fraction of sp³-hybridized carbons (Fsp3) is 0.100. The minimum Gasteiger partial charge on any atom is -0.397 e. The molecule has 7 heteroatoms. The van der Waals surface area contributed by atoms with Crippen molar-refractivity contribution in [3.05, 3.63) is 77.6 Å². The highest BCUT2D eigenvalue weighted by molar-refractivity contribution is 5.94. The lowest BCUT2D eigenvalue weighted by molar-refractivity contribution is 0.212. The lowest BCUT2D eigenvalue weighted by Crippen LogP contribution is -2.30. The maximum atomic E-state index is 14.1. The third-order valence-electron chi connectivity index (χ3n) is 4.55. The molecule has 0 spiro atoms. The first-order chi connectivity index (χ1) is 13.0. The molecule has 27 heavy (non-hydrogen) atoms. The SMILES string of the molecule is Nc1ccc(-c2ccc(F)cc2F)cc1NC(=O)N1Cc2ccncc2C1. The number of hydrogen-bond acceptors (Lipinski definition) is 3. The Kier molecular flexibility index (Phi) is 4.19. The number of halogens is 2. The molecule has 0 saturated carbocycles. The number of nitrogens with zero attached hydrogens (tertiary/aromatic N) is 2. The summed E-state index contributed by atoms with van der Waals surface area (Å²) in [5.74, 6) is -1.33. The highest BCUT2D eigenvalue weighted by Gasteiger charge is 2.23. The normalized spacial score (nSPS) is 12.7. The average molecular weight is 366 g/mol. The molecule has 136 valence electrons. The number of urea groups is 1. The van der Waals surface area contributed by atoms with E-state index in [0.29, 0.717) is 30.0 Å². The lowest BCUT2D eigenvalue weighted by atomic mass is 10.0. The molecule has 5 nitrogen and oxygen atoms in total. The second-order valence-corrected chi connectivity index (χ2v) is 6.36. The number of pyridine rings is 1. The lowest BCUT2D eigenvalue weighted by Gasteiger charge is -2.18. The molecule has 0 bridgehead atoms. The fourth-order valence-electron chi connectivity index (χ4n) is 3.11. The van der Waals surface area contributed by atoms with Crippen LogP contribution in [0.1, 0.15) is 11.1 Å². The molecule has 0 atom stereocenters. The van der Waals surface area contributed by atoms with Gasteiger partial charge in [-0.2, -0.15) is 0 Å². The second kappa shape index (κ2) is 6.68. The summed E-state index contributed by atoms with van der Waals surface area (Å²) in [6.45, 7) is 0.942. The summed E-state index contributed by atoms with van der Waals surface area (Å²) in [5, 5.41) is 2.77. The molecule has 4 rings (SSSR count). The van der Waals surface area contributed by atoms with Gasteiger partial charge in [-0.15, -0.1) is 0 Å². The molecule has 0 unspecified atom stereocenters. The van der Waals surface area contributed by atoms with Gasteiger partial charge in [-0.1, -0.05) is 6.07 Å². The van der Waals surface area contributed by atoms with Crippen LogP contribution in [-0.2, 0) is 13.1 Å². The Balaban J connectivity index is 1.57. The monoisotopic (exact) mass is 366 g/mol. The van der Waals surface area contributed by atoms with Crippen LogP contribution in [0.25, 0.3) is 11.1 Å². The third-order valence-corrected chi connectivity index (χ3v) is 4.55. The summed E-state index contributed by atoms with van der Waals surface area (Å²) < 4.78 is 27.2. The summed E-state index contributed by atoms with van der Waals surface area (Å²) in [4.78, 5) is 18.3. The molecule has 3 N–H and O–H groups in total. The maximum Gasteiger partial charge on any atom is 0.322 e. The highest BCUT2D eigenvalue weighted by Crippen LogP contribution is 2.30. The summed E-state index contributed by atoms with van der Waals surface area (Å²) >= 11 is 0. The molecule has 1 aliphatic rings. The minimum atomic E-state index is -0.681. The summed E-state index contributed by atoms with van der Waals surface area (Å²) in [6, 6.07) is 9.71. The molecule has 0 saturated heterocycles. The van der Waals surface area contributed by atoms with Gasteiger partial charge in [-0.05, 0) is 47.0 Å². The number of nitrogens with two attached hydrogens (primary N) is 1. The van der Waals surface area contributed by atoms with Crippen molar-refractivity contribution in [1.82, 2.24) is 9.88 Å². The van der Waals surface area contributed by atoms with Crippen molar-refractivity contribution < 1.29 is 13.6 Å². The summed E-state index contributed by atoms with van der Waals surface area (Å²) in [5.41, 5.74) is 9.46. The van der Waals surface area contributed by atoms with Crippen LogP contribution in [-0.4, -0.2) is 15.9 Å². The molecule has 2 heterocycles. The van der Waals surface area contributed by atoms with E-state index >= 15 is 0 Å². The van der Waals surface area contributed by atoms with Crippen LogP contribution >= 0.6 is 0 Å². The average Bonchev–Trinajstić information content (AvgIpc) is 3.08. The first-order valence-corrected chi connectivity index (χ1v) is 8.34. The van der Waals surface area contributed by atoms with Crippen molar-refractivity contribution in [2.75, 3.05) is 11.1 Å². The Morgan fingerprint density at radius 1 is 1.07 bits per heavy atom. The predicted molar refractivity (Wildman–Crippen MR) is 98.7 cm³/mol. The van der Waals surface area contributed by atoms with Gasteiger partial charge < -0.3 is 16.0 Å². The van der Waals surface area contributed by atoms with Gasteiger partial charge >= 0.3 is 6.03 Å². The van der Waals surface area contributed by atoms with Crippen LogP contribution in [0.15, 0.2) is 54.9 Å². The first kappa shape index (κ1) is 17.0. The van der Waals surface area contributed by atoms with E-state index in [1.165, 1.54) is 12.1 Å². The van der Waals surface area contributed by atoms with Gasteiger partial charge in [-0.25, -0.2) is 13.6 Å². The standard InChI is InChI=1S/C20H16F2N4O/c21-15-2-3-16(17(22)8-15)12-1-4-18(23)19(7-12)25-20(27)26-10-13-5-6-24-9-14(13)11-26/h1-9H,10-11,23H2,(H,25,27). The van der Waals surface area contributed by atoms with Crippen LogP contribution in [0.2, 0.25) is 0 Å². The minimum absolute atomic E-state index is 0.228. The van der Waals surface area contributed by atoms with Crippen molar-refractivity contribution in [1.29, 1.82) is 0 Å². The van der Waals surface area contributed by atoms with E-state index in [1.807, 2.05) is 6.07 Å². The molecule has 3 aromatic rings. The Bertz CT molecular complexity index is 1010. The number of amides is 2. The molecule has 0 radical (unpaired) electrons. The van der Waals surface area contributed by atoms with E-state index in [1.54, 1.807) is 35.5 Å². The molecule has 2 amide bonds. The van der Waals surface area contributed by atoms with E-state index in [2.05, 4.69) is 10.3 Å². The van der Waals surface area contributed by atoms with E-state index in [4.69, 9.17) is 5.73 Å².